The molecule has 1 amide bonds. The highest BCUT2D eigenvalue weighted by atomic mass is 35.5. The fraction of sp³-hybridized carbons (Fsp3) is 0.160. The van der Waals surface area contributed by atoms with Gasteiger partial charge in [-0.15, -0.1) is 0 Å². The van der Waals surface area contributed by atoms with Crippen LogP contribution in [0.25, 0.3) is 0 Å². The summed E-state index contributed by atoms with van der Waals surface area (Å²) in [5, 5.41) is 16.7. The minimum Gasteiger partial charge on any atom is -0.497 e. The Labute approximate surface area is 205 Å². The van der Waals surface area contributed by atoms with Gasteiger partial charge in [-0.1, -0.05) is 48.0 Å². The maximum atomic E-state index is 13.9. The number of halogens is 1. The minimum absolute atomic E-state index is 0.0181. The number of anilines is 1. The molecule has 1 aromatic heterocycles. The third kappa shape index (κ3) is 4.10. The number of rotatable bonds is 5. The Hall–Kier alpha value is -4.24. The number of nitro groups is 1. The summed E-state index contributed by atoms with van der Waals surface area (Å²) in [5.74, 6) is 0.459. The lowest BCUT2D eigenvalue weighted by Crippen LogP contribution is -2.42. The molecule has 35 heavy (non-hydrogen) atoms. The molecule has 0 bridgehead atoms. The number of fused-ring (bicyclic) bond motifs is 1. The number of para-hydroxylation sites is 1. The van der Waals surface area contributed by atoms with Gasteiger partial charge >= 0.3 is 0 Å². The van der Waals surface area contributed by atoms with Crippen LogP contribution < -0.4 is 9.64 Å². The van der Waals surface area contributed by atoms with Crippen molar-refractivity contribution in [2.24, 2.45) is 0 Å². The third-order valence-electron chi connectivity index (χ3n) is 6.13. The number of amides is 1. The molecular formula is C25H20ClN5O4. The molecule has 0 saturated heterocycles. The van der Waals surface area contributed by atoms with Gasteiger partial charge in [-0.3, -0.25) is 19.8 Å². The molecule has 1 aliphatic heterocycles. The molecule has 10 heteroatoms. The van der Waals surface area contributed by atoms with E-state index in [0.29, 0.717) is 23.1 Å². The van der Waals surface area contributed by atoms with Gasteiger partial charge in [0.1, 0.15) is 17.6 Å². The van der Waals surface area contributed by atoms with E-state index in [1.54, 1.807) is 30.0 Å². The van der Waals surface area contributed by atoms with Crippen LogP contribution in [0.3, 0.4) is 0 Å². The highest BCUT2D eigenvalue weighted by molar-refractivity contribution is 6.30. The van der Waals surface area contributed by atoms with Gasteiger partial charge in [0.2, 0.25) is 5.95 Å². The smallest absolute Gasteiger partial charge is 0.282 e. The van der Waals surface area contributed by atoms with Gasteiger partial charge in [-0.25, -0.2) is 4.68 Å². The third-order valence-corrected chi connectivity index (χ3v) is 6.38. The second kappa shape index (κ2) is 9.19. The van der Waals surface area contributed by atoms with E-state index in [1.807, 2.05) is 36.4 Å². The summed E-state index contributed by atoms with van der Waals surface area (Å²) >= 11 is 6.10. The predicted molar refractivity (Wildman–Crippen MR) is 130 cm³/mol. The van der Waals surface area contributed by atoms with Gasteiger partial charge in [-0.05, 0) is 47.9 Å². The minimum atomic E-state index is -0.555. The number of aromatic nitrogens is 3. The van der Waals surface area contributed by atoms with Gasteiger partial charge in [0, 0.05) is 11.1 Å². The van der Waals surface area contributed by atoms with Crippen LogP contribution in [0.1, 0.15) is 40.0 Å². The summed E-state index contributed by atoms with van der Waals surface area (Å²) in [6.07, 6.45) is 1.85. The Balaban J connectivity index is 1.66. The number of carbonyl (C=O) groups is 1. The van der Waals surface area contributed by atoms with Gasteiger partial charge < -0.3 is 4.74 Å². The molecule has 0 unspecified atom stereocenters. The van der Waals surface area contributed by atoms with Crippen LogP contribution in [0, 0.1) is 10.1 Å². The lowest BCUT2D eigenvalue weighted by Gasteiger charge is -2.39. The molecule has 0 spiro atoms. The van der Waals surface area contributed by atoms with E-state index >= 15 is 0 Å². The fourth-order valence-corrected chi connectivity index (χ4v) is 4.57. The Bertz CT molecular complexity index is 1390. The summed E-state index contributed by atoms with van der Waals surface area (Å²) in [6, 6.07) is 20.1. The summed E-state index contributed by atoms with van der Waals surface area (Å²) in [4.78, 5) is 30.9. The lowest BCUT2D eigenvalue weighted by molar-refractivity contribution is -0.385. The van der Waals surface area contributed by atoms with E-state index in [1.165, 1.54) is 29.4 Å². The number of nitro benzene ring substituents is 1. The molecule has 2 atom stereocenters. The molecule has 5 rings (SSSR count). The van der Waals surface area contributed by atoms with Crippen molar-refractivity contribution in [2.45, 2.75) is 18.5 Å². The van der Waals surface area contributed by atoms with E-state index < -0.39 is 16.9 Å². The van der Waals surface area contributed by atoms with Crippen molar-refractivity contribution in [1.82, 2.24) is 14.8 Å². The highest BCUT2D eigenvalue weighted by Gasteiger charge is 2.41. The maximum absolute atomic E-state index is 13.9. The van der Waals surface area contributed by atoms with E-state index in [9.17, 15) is 14.9 Å². The predicted octanol–water partition coefficient (Wildman–Crippen LogP) is 5.23. The first-order valence-electron chi connectivity index (χ1n) is 10.8. The van der Waals surface area contributed by atoms with Crippen LogP contribution in [0.15, 0.2) is 79.1 Å². The van der Waals surface area contributed by atoms with E-state index in [4.69, 9.17) is 16.3 Å². The SMILES string of the molecule is COc1ccc([C@H]2C[C@@H](c3ccc(Cl)cc3)n3ncnc3N2C(=O)c2ccccc2[N+](=O)[O-])cc1. The number of benzene rings is 3. The molecule has 3 aromatic carbocycles. The van der Waals surface area contributed by atoms with Crippen molar-refractivity contribution in [3.05, 3.63) is 111 Å². The normalized spacial score (nSPS) is 17.0. The lowest BCUT2D eigenvalue weighted by atomic mass is 9.91. The van der Waals surface area contributed by atoms with Crippen molar-refractivity contribution >= 4 is 29.1 Å². The van der Waals surface area contributed by atoms with E-state index in [-0.39, 0.29) is 17.3 Å². The number of nitrogens with zero attached hydrogens (tertiary/aromatic N) is 5. The van der Waals surface area contributed by atoms with Crippen LogP contribution in [-0.2, 0) is 0 Å². The fourth-order valence-electron chi connectivity index (χ4n) is 4.44. The van der Waals surface area contributed by atoms with Crippen molar-refractivity contribution in [2.75, 3.05) is 12.0 Å². The molecule has 0 N–H and O–H groups in total. The molecule has 0 fully saturated rings. The zero-order valence-electron chi connectivity index (χ0n) is 18.6. The highest BCUT2D eigenvalue weighted by Crippen LogP contribution is 2.43. The van der Waals surface area contributed by atoms with Crippen molar-refractivity contribution in [3.63, 3.8) is 0 Å². The maximum Gasteiger partial charge on any atom is 0.282 e. The molecular weight excluding hydrogens is 470 g/mol. The van der Waals surface area contributed by atoms with Gasteiger partial charge in [0.25, 0.3) is 11.6 Å². The standard InChI is InChI=1S/C25H20ClN5O4/c1-35-19-12-8-16(9-13-19)22-14-23(17-6-10-18(26)11-7-17)30-25(27-15-28-30)29(22)24(32)20-4-2-3-5-21(20)31(33)34/h2-13,15,22-23H,14H2,1H3/t22-,23+/m1/s1. The van der Waals surface area contributed by atoms with Crippen LogP contribution in [-0.4, -0.2) is 32.7 Å². The van der Waals surface area contributed by atoms with Crippen molar-refractivity contribution in [1.29, 1.82) is 0 Å². The van der Waals surface area contributed by atoms with Crippen LogP contribution in [0.2, 0.25) is 5.02 Å². The first-order chi connectivity index (χ1) is 17.0. The number of hydrogen-bond donors (Lipinski definition) is 0. The van der Waals surface area contributed by atoms with Gasteiger partial charge in [0.15, 0.2) is 0 Å². The van der Waals surface area contributed by atoms with Crippen molar-refractivity contribution in [3.8, 4) is 5.75 Å². The second-order valence-electron chi connectivity index (χ2n) is 8.05. The van der Waals surface area contributed by atoms with Crippen LogP contribution in [0.5, 0.6) is 5.75 Å². The summed E-state index contributed by atoms with van der Waals surface area (Å²) < 4.78 is 6.97. The van der Waals surface area contributed by atoms with Gasteiger partial charge in [-0.2, -0.15) is 10.1 Å². The second-order valence-corrected chi connectivity index (χ2v) is 8.48. The Morgan fingerprint density at radius 1 is 1.03 bits per heavy atom. The van der Waals surface area contributed by atoms with Crippen LogP contribution in [0.4, 0.5) is 11.6 Å². The molecule has 0 saturated carbocycles. The first-order valence-corrected chi connectivity index (χ1v) is 11.2. The summed E-state index contributed by atoms with van der Waals surface area (Å²) in [7, 11) is 1.58. The molecule has 9 nitrogen and oxygen atoms in total. The Morgan fingerprint density at radius 2 is 1.69 bits per heavy atom. The van der Waals surface area contributed by atoms with E-state index in [0.717, 1.165) is 11.1 Å². The number of methoxy groups -OCH3 is 1. The van der Waals surface area contributed by atoms with Gasteiger partial charge in [0.05, 0.1) is 24.1 Å². The molecule has 0 aliphatic carbocycles. The van der Waals surface area contributed by atoms with Crippen LogP contribution >= 0.6 is 11.6 Å². The summed E-state index contributed by atoms with van der Waals surface area (Å²) in [5.41, 5.74) is 1.51. The quantitative estimate of drug-likeness (QED) is 0.281. The molecule has 0 radical (unpaired) electrons. The monoisotopic (exact) mass is 489 g/mol. The first kappa shape index (κ1) is 22.5. The molecule has 4 aromatic rings. The zero-order chi connectivity index (χ0) is 24.5. The van der Waals surface area contributed by atoms with E-state index in [2.05, 4.69) is 10.1 Å². The molecule has 2 heterocycles. The Morgan fingerprint density at radius 3 is 2.37 bits per heavy atom. The number of ether oxygens (including phenoxy) is 1. The summed E-state index contributed by atoms with van der Waals surface area (Å²) in [6.45, 7) is 0. The average molecular weight is 490 g/mol. The average Bonchev–Trinajstić information content (AvgIpc) is 3.38. The zero-order valence-corrected chi connectivity index (χ0v) is 19.4. The molecule has 176 valence electrons. The molecule has 1 aliphatic rings. The topological polar surface area (TPSA) is 103 Å². The number of carbonyl (C=O) groups excluding carboxylic acids is 1. The number of hydrogen-bond acceptors (Lipinski definition) is 6. The Kier molecular flexibility index (Phi) is 5.92. The largest absolute Gasteiger partial charge is 0.497 e. The van der Waals surface area contributed by atoms with Crippen molar-refractivity contribution < 1.29 is 14.5 Å².